The molecule has 2 amide bonds. The van der Waals surface area contributed by atoms with E-state index in [2.05, 4.69) is 37.9 Å². The minimum absolute atomic E-state index is 0.0972. The van der Waals surface area contributed by atoms with Gasteiger partial charge >= 0.3 is 0 Å². The van der Waals surface area contributed by atoms with Gasteiger partial charge in [-0.3, -0.25) is 14.4 Å². The van der Waals surface area contributed by atoms with Crippen molar-refractivity contribution in [3.63, 3.8) is 0 Å². The Kier molecular flexibility index (Phi) is 5.77. The van der Waals surface area contributed by atoms with Crippen molar-refractivity contribution < 1.29 is 14.4 Å². The highest BCUT2D eigenvalue weighted by Crippen LogP contribution is 2.29. The van der Waals surface area contributed by atoms with Gasteiger partial charge in [-0.25, -0.2) is 0 Å². The first-order valence-corrected chi connectivity index (χ1v) is 10.8. The number of amides is 2. The molecule has 0 aliphatic carbocycles. The average molecular weight is 417 g/mol. The number of carbonyl (C=O) groups excluding carboxylic acids is 3. The number of ketones is 1. The lowest BCUT2D eigenvalue weighted by atomic mass is 9.98. The second-order valence-electron chi connectivity index (χ2n) is 8.71. The van der Waals surface area contributed by atoms with Crippen LogP contribution in [0, 0.1) is 13.8 Å². The molecule has 2 aliphatic heterocycles. The zero-order chi connectivity index (χ0) is 22.1. The molecule has 0 aromatic heterocycles. The summed E-state index contributed by atoms with van der Waals surface area (Å²) in [6.45, 7) is 8.36. The molecule has 1 N–H and O–H groups in total. The molecule has 2 heterocycles. The van der Waals surface area contributed by atoms with Crippen molar-refractivity contribution in [1.29, 1.82) is 0 Å². The predicted octanol–water partition coefficient (Wildman–Crippen LogP) is 3.80. The van der Waals surface area contributed by atoms with Crippen LogP contribution in [0.2, 0.25) is 0 Å². The molecule has 2 aromatic rings. The van der Waals surface area contributed by atoms with Gasteiger partial charge in [0.15, 0.2) is 0 Å². The number of nitrogens with one attached hydrogen (secondary N) is 1. The number of nitrogens with zero attached hydrogens (tertiary/aromatic N) is 1. The van der Waals surface area contributed by atoms with Gasteiger partial charge in [0.25, 0.3) is 5.91 Å². The Labute approximate surface area is 183 Å². The lowest BCUT2D eigenvalue weighted by molar-refractivity contribution is -0.126. The molecule has 5 nitrogen and oxygen atoms in total. The van der Waals surface area contributed by atoms with Gasteiger partial charge in [-0.2, -0.15) is 0 Å². The number of hydrogen-bond donors (Lipinski definition) is 1. The number of aryl methyl sites for hydroxylation is 3. The lowest BCUT2D eigenvalue weighted by Gasteiger charge is -2.30. The maximum atomic E-state index is 12.8. The normalized spacial score (nSPS) is 18.2. The number of piperidine rings is 1. The quantitative estimate of drug-likeness (QED) is 0.779. The molecule has 31 heavy (non-hydrogen) atoms. The van der Waals surface area contributed by atoms with Crippen LogP contribution in [0.3, 0.4) is 0 Å². The number of fused-ring (bicyclic) bond motifs is 1. The maximum Gasteiger partial charge on any atom is 0.255 e. The molecule has 0 radical (unpaired) electrons. The predicted molar refractivity (Wildman–Crippen MR) is 120 cm³/mol. The van der Waals surface area contributed by atoms with Crippen LogP contribution in [-0.2, 0) is 29.0 Å². The SMILES string of the molecule is C=C1CCC(N2Cc3cc(CCC(=O)Cc4ccc(C)c(C)c4)ccc3C2=O)C(=O)N1. The molecule has 1 unspecified atom stereocenters. The number of rotatable bonds is 6. The van der Waals surface area contributed by atoms with Crippen LogP contribution in [0.25, 0.3) is 0 Å². The van der Waals surface area contributed by atoms with Crippen LogP contribution in [0.5, 0.6) is 0 Å². The van der Waals surface area contributed by atoms with E-state index in [0.29, 0.717) is 49.9 Å². The number of carbonyl (C=O) groups is 3. The molecule has 2 aromatic carbocycles. The molecule has 160 valence electrons. The summed E-state index contributed by atoms with van der Waals surface area (Å²) in [4.78, 5) is 39.3. The smallest absolute Gasteiger partial charge is 0.255 e. The van der Waals surface area contributed by atoms with Gasteiger partial charge in [0, 0.05) is 30.6 Å². The fraction of sp³-hybridized carbons (Fsp3) is 0.346. The standard InChI is InChI=1S/C26H28N2O3/c1-16-4-6-20(12-17(16)2)14-22(29)9-7-19-8-10-23-21(13-19)15-28(26(23)31)24-11-5-18(3)27-25(24)30/h4,6,8,10,12-13,24H,3,5,7,9,11,14-15H2,1-2H3,(H,27,30). The summed E-state index contributed by atoms with van der Waals surface area (Å²) in [7, 11) is 0. The summed E-state index contributed by atoms with van der Waals surface area (Å²) in [5, 5.41) is 2.76. The average Bonchev–Trinajstić information content (AvgIpc) is 3.05. The van der Waals surface area contributed by atoms with Gasteiger partial charge in [-0.05, 0) is 67.0 Å². The second-order valence-corrected chi connectivity index (χ2v) is 8.71. The first-order valence-electron chi connectivity index (χ1n) is 10.8. The van der Waals surface area contributed by atoms with Crippen LogP contribution in [0.15, 0.2) is 48.7 Å². The molecule has 0 saturated carbocycles. The molecular weight excluding hydrogens is 388 g/mol. The largest absolute Gasteiger partial charge is 0.329 e. The monoisotopic (exact) mass is 416 g/mol. The summed E-state index contributed by atoms with van der Waals surface area (Å²) in [5.74, 6) is -0.0461. The van der Waals surface area contributed by atoms with Gasteiger partial charge in [-0.1, -0.05) is 36.9 Å². The minimum atomic E-state index is -0.451. The molecule has 1 saturated heterocycles. The summed E-state index contributed by atoms with van der Waals surface area (Å²) in [5.41, 5.74) is 6.82. The minimum Gasteiger partial charge on any atom is -0.329 e. The molecule has 4 rings (SSSR count). The van der Waals surface area contributed by atoms with Crippen molar-refractivity contribution in [2.75, 3.05) is 0 Å². The lowest BCUT2D eigenvalue weighted by Crippen LogP contribution is -2.49. The van der Waals surface area contributed by atoms with E-state index in [1.807, 2.05) is 24.3 Å². The van der Waals surface area contributed by atoms with E-state index in [0.717, 1.165) is 16.7 Å². The first kappa shape index (κ1) is 21.0. The molecule has 1 atom stereocenters. The van der Waals surface area contributed by atoms with Crippen LogP contribution < -0.4 is 5.32 Å². The van der Waals surface area contributed by atoms with Crippen molar-refractivity contribution >= 4 is 17.6 Å². The zero-order valence-electron chi connectivity index (χ0n) is 18.2. The van der Waals surface area contributed by atoms with Gasteiger partial charge < -0.3 is 10.2 Å². The van der Waals surface area contributed by atoms with Crippen molar-refractivity contribution in [3.05, 3.63) is 82.1 Å². The molecule has 2 aliphatic rings. The Balaban J connectivity index is 1.38. The van der Waals surface area contributed by atoms with Gasteiger partial charge in [0.2, 0.25) is 5.91 Å². The Morgan fingerprint density at radius 1 is 1.10 bits per heavy atom. The molecule has 0 spiro atoms. The maximum absolute atomic E-state index is 12.8. The van der Waals surface area contributed by atoms with E-state index in [1.165, 1.54) is 11.1 Å². The Bertz CT molecular complexity index is 1090. The summed E-state index contributed by atoms with van der Waals surface area (Å²) >= 11 is 0. The Hall–Kier alpha value is -3.21. The van der Waals surface area contributed by atoms with Crippen LogP contribution in [0.1, 0.15) is 57.4 Å². The van der Waals surface area contributed by atoms with Crippen molar-refractivity contribution in [2.24, 2.45) is 0 Å². The number of hydrogen-bond acceptors (Lipinski definition) is 3. The molecule has 1 fully saturated rings. The number of allylic oxidation sites excluding steroid dienone is 1. The third-order valence-electron chi connectivity index (χ3n) is 6.37. The topological polar surface area (TPSA) is 66.5 Å². The number of benzene rings is 2. The van der Waals surface area contributed by atoms with Gasteiger partial charge in [0.1, 0.15) is 11.8 Å². The van der Waals surface area contributed by atoms with Crippen LogP contribution >= 0.6 is 0 Å². The van der Waals surface area contributed by atoms with E-state index < -0.39 is 6.04 Å². The van der Waals surface area contributed by atoms with Crippen molar-refractivity contribution in [2.45, 2.75) is 58.5 Å². The Morgan fingerprint density at radius 2 is 1.87 bits per heavy atom. The third kappa shape index (κ3) is 4.46. The molecular formula is C26H28N2O3. The van der Waals surface area contributed by atoms with E-state index in [-0.39, 0.29) is 17.6 Å². The fourth-order valence-corrected chi connectivity index (χ4v) is 4.38. The van der Waals surface area contributed by atoms with E-state index >= 15 is 0 Å². The second kappa shape index (κ2) is 8.50. The molecule has 5 heteroatoms. The highest BCUT2D eigenvalue weighted by molar-refractivity contribution is 6.01. The highest BCUT2D eigenvalue weighted by Gasteiger charge is 2.38. The number of Topliss-reactive ketones (excluding diaryl/α,β-unsaturated/α-hetero) is 1. The summed E-state index contributed by atoms with van der Waals surface area (Å²) in [6, 6.07) is 11.5. The Morgan fingerprint density at radius 3 is 2.61 bits per heavy atom. The van der Waals surface area contributed by atoms with Crippen molar-refractivity contribution in [3.8, 4) is 0 Å². The fourth-order valence-electron chi connectivity index (χ4n) is 4.38. The van der Waals surface area contributed by atoms with E-state index in [4.69, 9.17) is 0 Å². The summed E-state index contributed by atoms with van der Waals surface area (Å²) < 4.78 is 0. The molecule has 0 bridgehead atoms. The van der Waals surface area contributed by atoms with Crippen LogP contribution in [-0.4, -0.2) is 28.5 Å². The first-order chi connectivity index (χ1) is 14.8. The van der Waals surface area contributed by atoms with E-state index in [1.54, 1.807) is 4.90 Å². The highest BCUT2D eigenvalue weighted by atomic mass is 16.2. The van der Waals surface area contributed by atoms with Gasteiger partial charge in [-0.15, -0.1) is 0 Å². The third-order valence-corrected chi connectivity index (χ3v) is 6.37. The van der Waals surface area contributed by atoms with Crippen molar-refractivity contribution in [1.82, 2.24) is 10.2 Å². The summed E-state index contributed by atoms with van der Waals surface area (Å²) in [6.07, 6.45) is 2.85. The van der Waals surface area contributed by atoms with Crippen LogP contribution in [0.4, 0.5) is 0 Å². The van der Waals surface area contributed by atoms with E-state index in [9.17, 15) is 14.4 Å². The zero-order valence-corrected chi connectivity index (χ0v) is 18.2. The van der Waals surface area contributed by atoms with Gasteiger partial charge in [0.05, 0.1) is 0 Å².